The molecule has 0 spiro atoms. The molecule has 2 aliphatic heterocycles. The molecule has 1 amide bonds. The third-order valence-electron chi connectivity index (χ3n) is 4.70. The van der Waals surface area contributed by atoms with E-state index in [2.05, 4.69) is 9.88 Å². The molecule has 0 saturated carbocycles. The number of rotatable bonds is 3. The summed E-state index contributed by atoms with van der Waals surface area (Å²) in [7, 11) is 0. The van der Waals surface area contributed by atoms with E-state index in [0.717, 1.165) is 37.6 Å². The Morgan fingerprint density at radius 3 is 2.55 bits per heavy atom. The number of benzene rings is 1. The van der Waals surface area contributed by atoms with Gasteiger partial charge < -0.3 is 4.90 Å². The zero-order chi connectivity index (χ0) is 14.9. The quantitative estimate of drug-likeness (QED) is 0.870. The number of carbonyl (C=O) groups excluding carboxylic acids is 1. The van der Waals surface area contributed by atoms with Crippen molar-refractivity contribution in [2.45, 2.75) is 6.54 Å². The van der Waals surface area contributed by atoms with Crippen molar-refractivity contribution in [3.8, 4) is 0 Å². The highest BCUT2D eigenvalue weighted by Gasteiger charge is 2.46. The minimum absolute atomic E-state index is 0.143. The Bertz CT molecular complexity index is 659. The minimum Gasteiger partial charge on any atom is -0.312 e. The van der Waals surface area contributed by atoms with Crippen LogP contribution in [0.3, 0.4) is 0 Å². The smallest absolute Gasteiger partial charge is 0.231 e. The fourth-order valence-corrected chi connectivity index (χ4v) is 3.64. The second-order valence-corrected chi connectivity index (χ2v) is 6.17. The summed E-state index contributed by atoms with van der Waals surface area (Å²) in [5.41, 5.74) is 2.10. The summed E-state index contributed by atoms with van der Waals surface area (Å²) in [4.78, 5) is 21.4. The Balaban J connectivity index is 1.44. The van der Waals surface area contributed by atoms with Gasteiger partial charge in [-0.15, -0.1) is 0 Å². The summed E-state index contributed by atoms with van der Waals surface area (Å²) < 4.78 is 0. The summed E-state index contributed by atoms with van der Waals surface area (Å²) in [6.45, 7) is 3.51. The molecule has 22 heavy (non-hydrogen) atoms. The third kappa shape index (κ3) is 2.40. The number of para-hydroxylation sites is 1. The molecule has 0 aliphatic carbocycles. The van der Waals surface area contributed by atoms with Crippen molar-refractivity contribution in [1.29, 1.82) is 0 Å². The average molecular weight is 293 g/mol. The molecular formula is C18H19N3O. The highest BCUT2D eigenvalue weighted by Crippen LogP contribution is 2.35. The first-order valence-electron chi connectivity index (χ1n) is 7.80. The van der Waals surface area contributed by atoms with Crippen molar-refractivity contribution < 1.29 is 4.79 Å². The van der Waals surface area contributed by atoms with Crippen LogP contribution >= 0.6 is 0 Å². The van der Waals surface area contributed by atoms with Gasteiger partial charge in [0.15, 0.2) is 0 Å². The van der Waals surface area contributed by atoms with Crippen LogP contribution in [0.4, 0.5) is 5.69 Å². The molecule has 2 aliphatic rings. The SMILES string of the molecule is O=C1[C@@H]2CN(Cc3ccccn3)C[C@@H]2CN1c1ccccc1. The van der Waals surface area contributed by atoms with Gasteiger partial charge in [-0.2, -0.15) is 0 Å². The Morgan fingerprint density at radius 1 is 1.00 bits per heavy atom. The van der Waals surface area contributed by atoms with Gasteiger partial charge in [0.1, 0.15) is 0 Å². The van der Waals surface area contributed by atoms with Crippen LogP contribution in [0.25, 0.3) is 0 Å². The van der Waals surface area contributed by atoms with Crippen LogP contribution in [0, 0.1) is 11.8 Å². The molecule has 0 N–H and O–H groups in total. The number of pyridine rings is 1. The molecule has 112 valence electrons. The predicted molar refractivity (Wildman–Crippen MR) is 85.3 cm³/mol. The molecule has 0 radical (unpaired) electrons. The van der Waals surface area contributed by atoms with E-state index >= 15 is 0 Å². The highest BCUT2D eigenvalue weighted by molar-refractivity contribution is 5.98. The lowest BCUT2D eigenvalue weighted by Gasteiger charge is -2.21. The zero-order valence-electron chi connectivity index (χ0n) is 12.4. The van der Waals surface area contributed by atoms with E-state index < -0.39 is 0 Å². The van der Waals surface area contributed by atoms with E-state index in [9.17, 15) is 4.79 Å². The zero-order valence-corrected chi connectivity index (χ0v) is 12.4. The highest BCUT2D eigenvalue weighted by atomic mass is 16.2. The Hall–Kier alpha value is -2.20. The first-order chi connectivity index (χ1) is 10.8. The van der Waals surface area contributed by atoms with E-state index in [-0.39, 0.29) is 11.8 Å². The van der Waals surface area contributed by atoms with Crippen molar-refractivity contribution in [2.75, 3.05) is 24.5 Å². The van der Waals surface area contributed by atoms with Gasteiger partial charge in [0.05, 0.1) is 11.6 Å². The van der Waals surface area contributed by atoms with Gasteiger partial charge in [0.2, 0.25) is 5.91 Å². The second-order valence-electron chi connectivity index (χ2n) is 6.17. The summed E-state index contributed by atoms with van der Waals surface area (Å²) >= 11 is 0. The topological polar surface area (TPSA) is 36.4 Å². The molecule has 3 heterocycles. The van der Waals surface area contributed by atoms with Crippen molar-refractivity contribution in [2.24, 2.45) is 11.8 Å². The monoisotopic (exact) mass is 293 g/mol. The molecule has 2 fully saturated rings. The van der Waals surface area contributed by atoms with Crippen LogP contribution in [-0.4, -0.2) is 35.4 Å². The maximum atomic E-state index is 12.7. The number of aromatic nitrogens is 1. The molecule has 4 heteroatoms. The maximum Gasteiger partial charge on any atom is 0.231 e. The van der Waals surface area contributed by atoms with Gasteiger partial charge >= 0.3 is 0 Å². The third-order valence-corrected chi connectivity index (χ3v) is 4.70. The largest absolute Gasteiger partial charge is 0.312 e. The van der Waals surface area contributed by atoms with E-state index in [0.29, 0.717) is 5.92 Å². The Morgan fingerprint density at radius 2 is 1.82 bits per heavy atom. The van der Waals surface area contributed by atoms with Gasteiger partial charge in [0, 0.05) is 44.0 Å². The van der Waals surface area contributed by atoms with Crippen molar-refractivity contribution in [3.63, 3.8) is 0 Å². The van der Waals surface area contributed by atoms with Gasteiger partial charge in [-0.25, -0.2) is 0 Å². The Labute approximate surface area is 130 Å². The van der Waals surface area contributed by atoms with Crippen LogP contribution in [0.2, 0.25) is 0 Å². The van der Waals surface area contributed by atoms with Gasteiger partial charge in [-0.05, 0) is 24.3 Å². The molecule has 4 rings (SSSR count). The first-order valence-corrected chi connectivity index (χ1v) is 7.80. The van der Waals surface area contributed by atoms with Crippen molar-refractivity contribution in [1.82, 2.24) is 9.88 Å². The van der Waals surface area contributed by atoms with E-state index in [1.807, 2.05) is 59.6 Å². The van der Waals surface area contributed by atoms with Crippen LogP contribution in [0.5, 0.6) is 0 Å². The van der Waals surface area contributed by atoms with E-state index in [4.69, 9.17) is 0 Å². The lowest BCUT2D eigenvalue weighted by molar-refractivity contribution is -0.120. The number of hydrogen-bond acceptors (Lipinski definition) is 3. The maximum absolute atomic E-state index is 12.7. The van der Waals surface area contributed by atoms with Gasteiger partial charge in [-0.1, -0.05) is 24.3 Å². The molecule has 1 aromatic carbocycles. The minimum atomic E-state index is 0.143. The fourth-order valence-electron chi connectivity index (χ4n) is 3.64. The number of amides is 1. The molecule has 0 unspecified atom stereocenters. The summed E-state index contributed by atoms with van der Waals surface area (Å²) in [5.74, 6) is 0.861. The Kier molecular flexibility index (Phi) is 3.39. The summed E-state index contributed by atoms with van der Waals surface area (Å²) in [5, 5.41) is 0. The van der Waals surface area contributed by atoms with Crippen molar-refractivity contribution >= 4 is 11.6 Å². The van der Waals surface area contributed by atoms with Crippen LogP contribution in [0.1, 0.15) is 5.69 Å². The summed E-state index contributed by atoms with van der Waals surface area (Å²) in [6, 6.07) is 16.0. The van der Waals surface area contributed by atoms with Crippen LogP contribution in [-0.2, 0) is 11.3 Å². The fraction of sp³-hybridized carbons (Fsp3) is 0.333. The average Bonchev–Trinajstić information content (AvgIpc) is 3.08. The number of nitrogens with zero attached hydrogens (tertiary/aromatic N) is 3. The predicted octanol–water partition coefficient (Wildman–Crippen LogP) is 2.18. The summed E-state index contributed by atoms with van der Waals surface area (Å²) in [6.07, 6.45) is 1.83. The molecule has 1 aromatic heterocycles. The molecule has 4 nitrogen and oxygen atoms in total. The number of fused-ring (bicyclic) bond motifs is 1. The normalized spacial score (nSPS) is 24.7. The van der Waals surface area contributed by atoms with Crippen molar-refractivity contribution in [3.05, 3.63) is 60.4 Å². The van der Waals surface area contributed by atoms with Gasteiger partial charge in [0.25, 0.3) is 0 Å². The van der Waals surface area contributed by atoms with Crippen LogP contribution < -0.4 is 4.90 Å². The number of carbonyl (C=O) groups is 1. The van der Waals surface area contributed by atoms with Gasteiger partial charge in [-0.3, -0.25) is 14.7 Å². The molecule has 2 aromatic rings. The number of likely N-dealkylation sites (tertiary alicyclic amines) is 1. The number of anilines is 1. The number of hydrogen-bond donors (Lipinski definition) is 0. The second kappa shape index (κ2) is 5.54. The molecule has 2 atom stereocenters. The van der Waals surface area contributed by atoms with Crippen LogP contribution in [0.15, 0.2) is 54.7 Å². The first kappa shape index (κ1) is 13.5. The molecule has 0 bridgehead atoms. The van der Waals surface area contributed by atoms with E-state index in [1.54, 1.807) is 0 Å². The standard InChI is InChI=1S/C18H19N3O/c22-18-17-13-20(12-15-6-4-5-9-19-15)10-14(17)11-21(18)16-7-2-1-3-8-16/h1-9,14,17H,10-13H2/t14-,17-/m1/s1. The lowest BCUT2D eigenvalue weighted by Crippen LogP contribution is -2.32. The molecular weight excluding hydrogens is 274 g/mol. The lowest BCUT2D eigenvalue weighted by atomic mass is 10.0. The van der Waals surface area contributed by atoms with E-state index in [1.165, 1.54) is 0 Å². The molecule has 2 saturated heterocycles.